The first-order valence-corrected chi connectivity index (χ1v) is 11.6. The first-order chi connectivity index (χ1) is 14.2. The maximum Gasteiger partial charge on any atom is 0.0406 e. The maximum absolute atomic E-state index is 6.20. The van der Waals surface area contributed by atoms with Gasteiger partial charge in [0.1, 0.15) is 0 Å². The summed E-state index contributed by atoms with van der Waals surface area (Å²) in [5.74, 6) is 3.61. The van der Waals surface area contributed by atoms with Crippen LogP contribution in [0.4, 0.5) is 0 Å². The standard InChI is InChI=1S/C28H25Cl/c29-22-10-8-19(9-11-22)23-5-3-7-26-27(23)24-4-1-2-6-25(24)28(26)20-13-17-12-18(15-20)16-21(28)14-17/h1-11,17-18,20-21H,12-16H2. The molecule has 5 aliphatic rings. The summed E-state index contributed by atoms with van der Waals surface area (Å²) in [6.07, 6.45) is 7.25. The average Bonchev–Trinajstić information content (AvgIpc) is 3.04. The van der Waals surface area contributed by atoms with Crippen LogP contribution in [0.5, 0.6) is 0 Å². The molecule has 4 bridgehead atoms. The van der Waals surface area contributed by atoms with Crippen LogP contribution in [0.2, 0.25) is 5.02 Å². The number of rotatable bonds is 1. The minimum absolute atomic E-state index is 0.252. The molecule has 29 heavy (non-hydrogen) atoms. The normalized spacial score (nSPS) is 33.1. The quantitative estimate of drug-likeness (QED) is 0.394. The molecule has 8 rings (SSSR count). The van der Waals surface area contributed by atoms with Gasteiger partial charge in [-0.25, -0.2) is 0 Å². The third-order valence-corrected chi connectivity index (χ3v) is 8.99. The van der Waals surface area contributed by atoms with E-state index in [1.165, 1.54) is 54.4 Å². The third-order valence-electron chi connectivity index (χ3n) is 8.73. The number of benzene rings is 3. The largest absolute Gasteiger partial charge is 0.0843 e. The van der Waals surface area contributed by atoms with E-state index in [0.29, 0.717) is 0 Å². The Labute approximate surface area is 177 Å². The molecule has 0 N–H and O–H groups in total. The molecule has 4 fully saturated rings. The highest BCUT2D eigenvalue weighted by molar-refractivity contribution is 6.30. The number of hydrogen-bond acceptors (Lipinski definition) is 0. The van der Waals surface area contributed by atoms with Gasteiger partial charge in [0.25, 0.3) is 0 Å². The molecule has 1 spiro atoms. The van der Waals surface area contributed by atoms with Crippen LogP contribution in [0.25, 0.3) is 22.3 Å². The van der Waals surface area contributed by atoms with Gasteiger partial charge in [-0.05, 0) is 101 Å². The summed E-state index contributed by atoms with van der Waals surface area (Å²) < 4.78 is 0. The molecule has 0 atom stereocenters. The van der Waals surface area contributed by atoms with Gasteiger partial charge in [0.05, 0.1) is 0 Å². The van der Waals surface area contributed by atoms with Crippen molar-refractivity contribution in [3.8, 4) is 22.3 Å². The van der Waals surface area contributed by atoms with Crippen molar-refractivity contribution in [1.29, 1.82) is 0 Å². The number of halogens is 1. The molecule has 0 radical (unpaired) electrons. The lowest BCUT2D eigenvalue weighted by molar-refractivity contribution is -0.0399. The first kappa shape index (κ1) is 16.7. The van der Waals surface area contributed by atoms with Crippen molar-refractivity contribution in [1.82, 2.24) is 0 Å². The van der Waals surface area contributed by atoms with Crippen molar-refractivity contribution < 1.29 is 0 Å². The van der Waals surface area contributed by atoms with Gasteiger partial charge in [-0.3, -0.25) is 0 Å². The van der Waals surface area contributed by atoms with Gasteiger partial charge in [0.15, 0.2) is 0 Å². The van der Waals surface area contributed by atoms with Crippen LogP contribution in [0, 0.1) is 23.7 Å². The fourth-order valence-electron chi connectivity index (χ4n) is 8.07. The van der Waals surface area contributed by atoms with Crippen LogP contribution in [0.15, 0.2) is 66.7 Å². The van der Waals surface area contributed by atoms with E-state index in [-0.39, 0.29) is 5.41 Å². The lowest BCUT2D eigenvalue weighted by Gasteiger charge is -2.61. The highest BCUT2D eigenvalue weighted by Crippen LogP contribution is 2.69. The average molecular weight is 397 g/mol. The van der Waals surface area contributed by atoms with Crippen LogP contribution in [-0.4, -0.2) is 0 Å². The maximum atomic E-state index is 6.20. The Kier molecular flexibility index (Phi) is 3.32. The molecule has 0 saturated heterocycles. The van der Waals surface area contributed by atoms with Crippen LogP contribution < -0.4 is 0 Å². The lowest BCUT2D eigenvalue weighted by atomic mass is 9.43. The second-order valence-electron chi connectivity index (χ2n) is 9.95. The molecule has 0 amide bonds. The second kappa shape index (κ2) is 5.76. The molecule has 0 nitrogen and oxygen atoms in total. The van der Waals surface area contributed by atoms with Gasteiger partial charge in [-0.15, -0.1) is 0 Å². The van der Waals surface area contributed by atoms with Gasteiger partial charge in [-0.1, -0.05) is 66.2 Å². The molecule has 1 heteroatoms. The van der Waals surface area contributed by atoms with Crippen LogP contribution in [-0.2, 0) is 5.41 Å². The van der Waals surface area contributed by atoms with Crippen molar-refractivity contribution in [2.24, 2.45) is 23.7 Å². The molecule has 0 heterocycles. The number of fused-ring (bicyclic) bond motifs is 3. The smallest absolute Gasteiger partial charge is 0.0406 e. The lowest BCUT2D eigenvalue weighted by Crippen LogP contribution is -2.55. The molecule has 3 aromatic carbocycles. The molecule has 0 aromatic heterocycles. The highest BCUT2D eigenvalue weighted by atomic mass is 35.5. The molecule has 3 aromatic rings. The second-order valence-corrected chi connectivity index (χ2v) is 10.4. The molecule has 144 valence electrons. The number of hydrogen-bond donors (Lipinski definition) is 0. The van der Waals surface area contributed by atoms with E-state index in [9.17, 15) is 0 Å². The van der Waals surface area contributed by atoms with E-state index in [1.54, 1.807) is 11.1 Å². The molecule has 0 unspecified atom stereocenters. The zero-order valence-corrected chi connectivity index (χ0v) is 17.3. The van der Waals surface area contributed by atoms with E-state index < -0.39 is 0 Å². The van der Waals surface area contributed by atoms with Crippen LogP contribution in [0.1, 0.15) is 43.2 Å². The molecular weight excluding hydrogens is 372 g/mol. The van der Waals surface area contributed by atoms with Crippen molar-refractivity contribution >= 4 is 11.6 Å². The van der Waals surface area contributed by atoms with Gasteiger partial charge in [0.2, 0.25) is 0 Å². The van der Waals surface area contributed by atoms with E-state index in [2.05, 4.69) is 54.6 Å². The van der Waals surface area contributed by atoms with E-state index in [4.69, 9.17) is 11.6 Å². The van der Waals surface area contributed by atoms with Crippen LogP contribution in [0.3, 0.4) is 0 Å². The zero-order chi connectivity index (χ0) is 19.2. The van der Waals surface area contributed by atoms with Gasteiger partial charge in [0, 0.05) is 10.4 Å². The molecule has 0 aliphatic heterocycles. The van der Waals surface area contributed by atoms with Crippen LogP contribution >= 0.6 is 11.6 Å². The van der Waals surface area contributed by atoms with Crippen molar-refractivity contribution in [3.63, 3.8) is 0 Å². The van der Waals surface area contributed by atoms with Crippen molar-refractivity contribution in [3.05, 3.63) is 82.9 Å². The fraction of sp³-hybridized carbons (Fsp3) is 0.357. The fourth-order valence-corrected chi connectivity index (χ4v) is 8.20. The first-order valence-electron chi connectivity index (χ1n) is 11.2. The van der Waals surface area contributed by atoms with E-state index in [1.807, 2.05) is 12.1 Å². The Hall–Kier alpha value is -2.05. The monoisotopic (exact) mass is 396 g/mol. The molecule has 5 aliphatic carbocycles. The highest BCUT2D eigenvalue weighted by Gasteiger charge is 2.61. The molecular formula is C28H25Cl. The van der Waals surface area contributed by atoms with Gasteiger partial charge >= 0.3 is 0 Å². The Morgan fingerprint density at radius 1 is 0.621 bits per heavy atom. The molecule has 4 saturated carbocycles. The predicted molar refractivity (Wildman–Crippen MR) is 120 cm³/mol. The van der Waals surface area contributed by atoms with Crippen molar-refractivity contribution in [2.45, 2.75) is 37.5 Å². The Balaban J connectivity index is 1.53. The van der Waals surface area contributed by atoms with Gasteiger partial charge in [-0.2, -0.15) is 0 Å². The summed E-state index contributed by atoms with van der Waals surface area (Å²) in [4.78, 5) is 0. The zero-order valence-electron chi connectivity index (χ0n) is 16.6. The Morgan fingerprint density at radius 3 is 1.97 bits per heavy atom. The summed E-state index contributed by atoms with van der Waals surface area (Å²) in [6, 6.07) is 24.9. The summed E-state index contributed by atoms with van der Waals surface area (Å²) in [7, 11) is 0. The summed E-state index contributed by atoms with van der Waals surface area (Å²) in [5, 5.41) is 0.805. The SMILES string of the molecule is Clc1ccc(-c2cccc3c2-c2ccccc2C32C3CC4CC(C3)CC2C4)cc1. The Morgan fingerprint density at radius 2 is 1.24 bits per heavy atom. The summed E-state index contributed by atoms with van der Waals surface area (Å²) in [6.45, 7) is 0. The summed E-state index contributed by atoms with van der Waals surface area (Å²) >= 11 is 6.20. The van der Waals surface area contributed by atoms with Crippen molar-refractivity contribution in [2.75, 3.05) is 0 Å². The van der Waals surface area contributed by atoms with E-state index >= 15 is 0 Å². The summed E-state index contributed by atoms with van der Waals surface area (Å²) in [5.41, 5.74) is 9.14. The minimum atomic E-state index is 0.252. The topological polar surface area (TPSA) is 0 Å². The van der Waals surface area contributed by atoms with Gasteiger partial charge < -0.3 is 0 Å². The minimum Gasteiger partial charge on any atom is -0.0843 e. The third kappa shape index (κ3) is 2.06. The predicted octanol–water partition coefficient (Wildman–Crippen LogP) is 7.73. The van der Waals surface area contributed by atoms with E-state index in [0.717, 1.165) is 28.7 Å². The Bertz CT molecular complexity index is 1100.